The Hall–Kier alpha value is -1.81. The van der Waals surface area contributed by atoms with Crippen molar-refractivity contribution in [3.63, 3.8) is 0 Å². The Kier molecular flexibility index (Phi) is 3.25. The molecule has 2 aromatic rings. The molecule has 3 nitrogen and oxygen atoms in total. The molecule has 19 heavy (non-hydrogen) atoms. The highest BCUT2D eigenvalue weighted by molar-refractivity contribution is 7.12. The Bertz CT molecular complexity index is 618. The molecule has 0 fully saturated rings. The molecule has 1 amide bonds. The Labute approximate surface area is 116 Å². The number of hydrogen-bond acceptors (Lipinski definition) is 3. The molecule has 98 valence electrons. The van der Waals surface area contributed by atoms with Gasteiger partial charge < -0.3 is 10.6 Å². The summed E-state index contributed by atoms with van der Waals surface area (Å²) in [5, 5.41) is 8.28. The van der Waals surface area contributed by atoms with Crippen molar-refractivity contribution < 1.29 is 4.79 Å². The van der Waals surface area contributed by atoms with E-state index in [1.54, 1.807) is 0 Å². The normalized spacial score (nSPS) is 13.5. The zero-order chi connectivity index (χ0) is 13.2. The lowest BCUT2D eigenvalue weighted by atomic mass is 10.0. The van der Waals surface area contributed by atoms with Gasteiger partial charge in [0.15, 0.2) is 0 Å². The summed E-state index contributed by atoms with van der Waals surface area (Å²) in [5.74, 6) is -0.0248. The quantitative estimate of drug-likeness (QED) is 0.876. The van der Waals surface area contributed by atoms with Crippen LogP contribution in [0.5, 0.6) is 0 Å². The highest BCUT2D eigenvalue weighted by Crippen LogP contribution is 2.26. The molecule has 0 bridgehead atoms. The van der Waals surface area contributed by atoms with Crippen LogP contribution in [0.15, 0.2) is 29.6 Å². The second kappa shape index (κ2) is 5.05. The van der Waals surface area contributed by atoms with E-state index in [0.29, 0.717) is 0 Å². The molecule has 0 aliphatic carbocycles. The van der Waals surface area contributed by atoms with Crippen LogP contribution in [0.25, 0.3) is 0 Å². The highest BCUT2D eigenvalue weighted by atomic mass is 32.1. The van der Waals surface area contributed by atoms with Crippen molar-refractivity contribution in [2.75, 3.05) is 17.2 Å². The first-order valence-electron chi connectivity index (χ1n) is 6.46. The van der Waals surface area contributed by atoms with Gasteiger partial charge in [0.05, 0.1) is 4.88 Å². The minimum absolute atomic E-state index is 0.0248. The van der Waals surface area contributed by atoms with Gasteiger partial charge in [0.2, 0.25) is 0 Å². The van der Waals surface area contributed by atoms with Gasteiger partial charge in [-0.2, -0.15) is 0 Å². The van der Waals surface area contributed by atoms with Crippen molar-refractivity contribution >= 4 is 28.6 Å². The minimum atomic E-state index is -0.0248. The smallest absolute Gasteiger partial charge is 0.265 e. The number of fused-ring (bicyclic) bond motifs is 1. The fourth-order valence-electron chi connectivity index (χ4n) is 2.33. The van der Waals surface area contributed by atoms with E-state index < -0.39 is 0 Å². The Morgan fingerprint density at radius 1 is 1.37 bits per heavy atom. The lowest BCUT2D eigenvalue weighted by Crippen LogP contribution is -2.14. The summed E-state index contributed by atoms with van der Waals surface area (Å²) in [6.07, 6.45) is 2.29. The van der Waals surface area contributed by atoms with Gasteiger partial charge in [-0.25, -0.2) is 0 Å². The van der Waals surface area contributed by atoms with Crippen molar-refractivity contribution in [3.05, 3.63) is 45.6 Å². The van der Waals surface area contributed by atoms with Crippen LogP contribution in [0, 0.1) is 6.92 Å². The van der Waals surface area contributed by atoms with E-state index in [9.17, 15) is 4.79 Å². The maximum absolute atomic E-state index is 12.1. The van der Waals surface area contributed by atoms with Crippen LogP contribution in [0.4, 0.5) is 11.4 Å². The average Bonchev–Trinajstić information content (AvgIpc) is 2.85. The van der Waals surface area contributed by atoms with E-state index in [2.05, 4.69) is 16.7 Å². The molecule has 4 heteroatoms. The number of benzene rings is 1. The molecule has 0 radical (unpaired) electrons. The molecular weight excluding hydrogens is 256 g/mol. The van der Waals surface area contributed by atoms with Gasteiger partial charge in [0.25, 0.3) is 5.91 Å². The lowest BCUT2D eigenvalue weighted by Gasteiger charge is -2.18. The molecule has 1 aliphatic rings. The number of rotatable bonds is 2. The standard InChI is InChI=1S/C15H16N2OS/c1-10-6-8-19-14(10)15(18)17-12-5-4-11-3-2-7-16-13(11)9-12/h4-6,8-9,16H,2-3,7H2,1H3,(H,17,18). The molecule has 0 saturated carbocycles. The zero-order valence-electron chi connectivity index (χ0n) is 10.8. The summed E-state index contributed by atoms with van der Waals surface area (Å²) in [7, 11) is 0. The summed E-state index contributed by atoms with van der Waals surface area (Å²) in [6, 6.07) is 8.06. The first kappa shape index (κ1) is 12.2. The third-order valence-corrected chi connectivity index (χ3v) is 4.39. The fourth-order valence-corrected chi connectivity index (χ4v) is 3.15. The van der Waals surface area contributed by atoms with Crippen molar-refractivity contribution in [1.29, 1.82) is 0 Å². The molecule has 2 heterocycles. The number of carbonyl (C=O) groups excluding carboxylic acids is 1. The van der Waals surface area contributed by atoms with E-state index in [-0.39, 0.29) is 5.91 Å². The third kappa shape index (κ3) is 2.49. The van der Waals surface area contributed by atoms with Crippen molar-refractivity contribution in [2.24, 2.45) is 0 Å². The van der Waals surface area contributed by atoms with Gasteiger partial charge in [0.1, 0.15) is 0 Å². The minimum Gasteiger partial charge on any atom is -0.385 e. The van der Waals surface area contributed by atoms with Gasteiger partial charge in [-0.15, -0.1) is 11.3 Å². The van der Waals surface area contributed by atoms with E-state index in [1.165, 1.54) is 23.3 Å². The van der Waals surface area contributed by atoms with Crippen LogP contribution in [0.3, 0.4) is 0 Å². The van der Waals surface area contributed by atoms with Crippen LogP contribution in [0.1, 0.15) is 27.2 Å². The van der Waals surface area contributed by atoms with E-state index in [1.807, 2.05) is 30.5 Å². The Balaban J connectivity index is 1.80. The molecule has 0 unspecified atom stereocenters. The van der Waals surface area contributed by atoms with Gasteiger partial charge in [-0.1, -0.05) is 6.07 Å². The predicted octanol–water partition coefficient (Wildman–Crippen LogP) is 3.67. The molecule has 1 aromatic heterocycles. The average molecular weight is 272 g/mol. The number of amides is 1. The maximum Gasteiger partial charge on any atom is 0.265 e. The molecule has 0 spiro atoms. The Morgan fingerprint density at radius 2 is 2.26 bits per heavy atom. The van der Waals surface area contributed by atoms with Crippen LogP contribution in [-0.2, 0) is 6.42 Å². The van der Waals surface area contributed by atoms with Gasteiger partial charge in [-0.3, -0.25) is 4.79 Å². The van der Waals surface area contributed by atoms with Crippen LogP contribution >= 0.6 is 11.3 Å². The molecule has 1 aromatic carbocycles. The van der Waals surface area contributed by atoms with Crippen LogP contribution < -0.4 is 10.6 Å². The topological polar surface area (TPSA) is 41.1 Å². The molecule has 3 rings (SSSR count). The summed E-state index contributed by atoms with van der Waals surface area (Å²) < 4.78 is 0. The fraction of sp³-hybridized carbons (Fsp3) is 0.267. The van der Waals surface area contributed by atoms with Crippen molar-refractivity contribution in [2.45, 2.75) is 19.8 Å². The zero-order valence-corrected chi connectivity index (χ0v) is 11.6. The molecule has 1 aliphatic heterocycles. The highest BCUT2D eigenvalue weighted by Gasteiger charge is 2.13. The SMILES string of the molecule is Cc1ccsc1C(=O)Nc1ccc2c(c1)NCCC2. The monoisotopic (exact) mass is 272 g/mol. The second-order valence-electron chi connectivity index (χ2n) is 4.79. The van der Waals surface area contributed by atoms with Gasteiger partial charge in [0, 0.05) is 17.9 Å². The predicted molar refractivity (Wildman–Crippen MR) is 80.3 cm³/mol. The van der Waals surface area contributed by atoms with E-state index in [0.717, 1.165) is 34.8 Å². The summed E-state index contributed by atoms with van der Waals surface area (Å²) in [5.41, 5.74) is 4.35. The molecule has 0 saturated heterocycles. The maximum atomic E-state index is 12.1. The van der Waals surface area contributed by atoms with E-state index in [4.69, 9.17) is 0 Å². The van der Waals surface area contributed by atoms with Gasteiger partial charge >= 0.3 is 0 Å². The van der Waals surface area contributed by atoms with Crippen molar-refractivity contribution in [1.82, 2.24) is 0 Å². The van der Waals surface area contributed by atoms with Crippen molar-refractivity contribution in [3.8, 4) is 0 Å². The largest absolute Gasteiger partial charge is 0.385 e. The second-order valence-corrected chi connectivity index (χ2v) is 5.71. The number of nitrogens with one attached hydrogen (secondary N) is 2. The summed E-state index contributed by atoms with van der Waals surface area (Å²) >= 11 is 1.48. The number of aryl methyl sites for hydroxylation is 2. The molecule has 0 atom stereocenters. The number of thiophene rings is 1. The molecule has 2 N–H and O–H groups in total. The lowest BCUT2D eigenvalue weighted by molar-refractivity contribution is 0.103. The number of carbonyl (C=O) groups is 1. The number of anilines is 2. The van der Waals surface area contributed by atoms with Gasteiger partial charge in [-0.05, 0) is 54.5 Å². The van der Waals surface area contributed by atoms with E-state index >= 15 is 0 Å². The molecular formula is C15H16N2OS. The number of hydrogen-bond donors (Lipinski definition) is 2. The third-order valence-electron chi connectivity index (χ3n) is 3.37. The first-order valence-corrected chi connectivity index (χ1v) is 7.34. The first-order chi connectivity index (χ1) is 9.24. The Morgan fingerprint density at radius 3 is 3.05 bits per heavy atom. The van der Waals surface area contributed by atoms with Crippen LogP contribution in [-0.4, -0.2) is 12.5 Å². The summed E-state index contributed by atoms with van der Waals surface area (Å²) in [6.45, 7) is 2.97. The summed E-state index contributed by atoms with van der Waals surface area (Å²) in [4.78, 5) is 12.9. The van der Waals surface area contributed by atoms with Crippen LogP contribution in [0.2, 0.25) is 0 Å².